The molecule has 7 heteroatoms. The van der Waals surface area contributed by atoms with E-state index >= 15 is 0 Å². The Kier molecular flexibility index (Phi) is 4.54. The van der Waals surface area contributed by atoms with E-state index in [4.69, 9.17) is 4.74 Å². The Hall–Kier alpha value is -1.99. The van der Waals surface area contributed by atoms with Gasteiger partial charge < -0.3 is 9.84 Å². The van der Waals surface area contributed by atoms with Crippen LogP contribution < -0.4 is 4.74 Å². The number of non-ortho nitro benzene ring substituents is 1. The normalized spacial score (nSPS) is 12.0. The van der Waals surface area contributed by atoms with Crippen LogP contribution in [0.3, 0.4) is 0 Å². The number of benzene rings is 2. The zero-order valence-electron chi connectivity index (χ0n) is 10.9. The molecule has 0 radical (unpaired) electrons. The molecule has 0 aromatic heterocycles. The van der Waals surface area contributed by atoms with Gasteiger partial charge >= 0.3 is 0 Å². The van der Waals surface area contributed by atoms with Crippen LogP contribution in [0, 0.1) is 15.9 Å². The number of rotatable bonds is 4. The van der Waals surface area contributed by atoms with E-state index < -0.39 is 16.8 Å². The van der Waals surface area contributed by atoms with E-state index in [0.717, 1.165) is 16.6 Å². The Balaban J connectivity index is 2.36. The molecule has 2 rings (SSSR count). The zero-order chi connectivity index (χ0) is 15.6. The Morgan fingerprint density at radius 3 is 2.52 bits per heavy atom. The van der Waals surface area contributed by atoms with Gasteiger partial charge in [-0.05, 0) is 31.2 Å². The number of nitro benzene ring substituents is 1. The lowest BCUT2D eigenvalue weighted by atomic mass is 10.1. The first-order valence-electron chi connectivity index (χ1n) is 5.98. The summed E-state index contributed by atoms with van der Waals surface area (Å²) in [6, 6.07) is 8.04. The molecule has 21 heavy (non-hydrogen) atoms. The molecule has 1 N–H and O–H groups in total. The molecule has 0 fully saturated rings. The van der Waals surface area contributed by atoms with Gasteiger partial charge in [-0.3, -0.25) is 10.1 Å². The highest BCUT2D eigenvalue weighted by Crippen LogP contribution is 2.34. The molecule has 0 aliphatic carbocycles. The van der Waals surface area contributed by atoms with E-state index in [9.17, 15) is 19.6 Å². The van der Waals surface area contributed by atoms with Gasteiger partial charge in [0.05, 0.1) is 17.1 Å². The minimum atomic E-state index is -0.844. The second-order valence-corrected chi connectivity index (χ2v) is 5.25. The molecule has 0 aliphatic rings. The number of aliphatic hydroxyl groups excluding tert-OH is 1. The quantitative estimate of drug-likeness (QED) is 0.653. The number of aliphatic hydroxyl groups is 1. The summed E-state index contributed by atoms with van der Waals surface area (Å²) in [5, 5.41) is 20.3. The van der Waals surface area contributed by atoms with Crippen molar-refractivity contribution in [3.63, 3.8) is 0 Å². The molecule has 1 atom stereocenters. The van der Waals surface area contributed by atoms with Gasteiger partial charge in [0.2, 0.25) is 0 Å². The van der Waals surface area contributed by atoms with E-state index in [1.165, 1.54) is 6.07 Å². The van der Waals surface area contributed by atoms with Gasteiger partial charge in [0.15, 0.2) is 11.6 Å². The lowest BCUT2D eigenvalue weighted by Gasteiger charge is -2.14. The predicted octanol–water partition coefficient (Wildman–Crippen LogP) is 4.34. The molecule has 5 nitrogen and oxygen atoms in total. The second-order valence-electron chi connectivity index (χ2n) is 4.33. The van der Waals surface area contributed by atoms with Gasteiger partial charge in [-0.15, -0.1) is 0 Å². The summed E-state index contributed by atoms with van der Waals surface area (Å²) >= 11 is 3.27. The summed E-state index contributed by atoms with van der Waals surface area (Å²) in [5.74, 6) is -0.713. The van der Waals surface area contributed by atoms with E-state index in [0.29, 0.717) is 5.56 Å². The molecule has 0 heterocycles. The molecule has 110 valence electrons. The molecule has 0 saturated carbocycles. The molecular formula is C14H11BrFNO4. The Labute approximate surface area is 128 Å². The zero-order valence-corrected chi connectivity index (χ0v) is 12.5. The fraction of sp³-hybridized carbons (Fsp3) is 0.143. The smallest absolute Gasteiger partial charge is 0.272 e. The predicted molar refractivity (Wildman–Crippen MR) is 77.9 cm³/mol. The monoisotopic (exact) mass is 355 g/mol. The Bertz CT molecular complexity index is 691. The second kappa shape index (κ2) is 6.19. The Morgan fingerprint density at radius 1 is 1.29 bits per heavy atom. The Morgan fingerprint density at radius 2 is 1.95 bits per heavy atom. The van der Waals surface area contributed by atoms with Crippen molar-refractivity contribution in [1.82, 2.24) is 0 Å². The van der Waals surface area contributed by atoms with Crippen LogP contribution in [0.25, 0.3) is 0 Å². The van der Waals surface area contributed by atoms with Crippen LogP contribution >= 0.6 is 15.9 Å². The summed E-state index contributed by atoms with van der Waals surface area (Å²) in [6.45, 7) is 1.56. The molecule has 0 aliphatic heterocycles. The van der Waals surface area contributed by atoms with Crippen LogP contribution in [0.2, 0.25) is 0 Å². The average molecular weight is 356 g/mol. The van der Waals surface area contributed by atoms with Gasteiger partial charge in [0.25, 0.3) is 5.69 Å². The highest BCUT2D eigenvalue weighted by molar-refractivity contribution is 9.10. The molecule has 0 saturated heterocycles. The van der Waals surface area contributed by atoms with Gasteiger partial charge in [-0.1, -0.05) is 15.9 Å². The third-order valence-corrected chi connectivity index (χ3v) is 3.26. The number of hydrogen-bond acceptors (Lipinski definition) is 4. The van der Waals surface area contributed by atoms with E-state index in [1.807, 2.05) is 0 Å². The van der Waals surface area contributed by atoms with E-state index in [2.05, 4.69) is 15.9 Å². The number of nitro groups is 1. The van der Waals surface area contributed by atoms with Gasteiger partial charge in [0, 0.05) is 16.1 Å². The molecule has 1 unspecified atom stereocenters. The standard InChI is InChI=1S/C14H11BrFNO4/c1-8(18)11-6-9(15)2-4-13(11)21-14-5-3-10(17(19)20)7-12(14)16/h2-8,18H,1H3. The van der Waals surface area contributed by atoms with Crippen molar-refractivity contribution in [3.05, 3.63) is 62.4 Å². The van der Waals surface area contributed by atoms with Crippen LogP contribution in [-0.2, 0) is 0 Å². The first kappa shape index (κ1) is 15.4. The summed E-state index contributed by atoms with van der Waals surface area (Å²) in [7, 11) is 0. The van der Waals surface area contributed by atoms with Crippen LogP contribution in [-0.4, -0.2) is 10.0 Å². The number of hydrogen-bond donors (Lipinski definition) is 1. The minimum Gasteiger partial charge on any atom is -0.454 e. The third-order valence-electron chi connectivity index (χ3n) is 2.77. The maximum absolute atomic E-state index is 13.8. The van der Waals surface area contributed by atoms with Crippen molar-refractivity contribution < 1.29 is 19.2 Å². The number of halogens is 2. The lowest BCUT2D eigenvalue weighted by Crippen LogP contribution is -1.98. The summed E-state index contributed by atoms with van der Waals surface area (Å²) in [5.41, 5.74) is 0.119. The van der Waals surface area contributed by atoms with Gasteiger partial charge in [-0.25, -0.2) is 4.39 Å². The van der Waals surface area contributed by atoms with Crippen molar-refractivity contribution in [2.45, 2.75) is 13.0 Å². The van der Waals surface area contributed by atoms with Crippen LogP contribution in [0.15, 0.2) is 40.9 Å². The van der Waals surface area contributed by atoms with Crippen LogP contribution in [0.1, 0.15) is 18.6 Å². The lowest BCUT2D eigenvalue weighted by molar-refractivity contribution is -0.385. The number of ether oxygens (including phenoxy) is 1. The van der Waals surface area contributed by atoms with Crippen LogP contribution in [0.5, 0.6) is 11.5 Å². The first-order valence-corrected chi connectivity index (χ1v) is 6.77. The van der Waals surface area contributed by atoms with Crippen molar-refractivity contribution in [3.8, 4) is 11.5 Å². The molecule has 0 amide bonds. The molecule has 2 aromatic rings. The van der Waals surface area contributed by atoms with Gasteiger partial charge in [-0.2, -0.15) is 0 Å². The topological polar surface area (TPSA) is 72.6 Å². The van der Waals surface area contributed by atoms with Crippen molar-refractivity contribution in [1.29, 1.82) is 0 Å². The SMILES string of the molecule is CC(O)c1cc(Br)ccc1Oc1ccc([N+](=O)[O-])cc1F. The van der Waals surface area contributed by atoms with E-state index in [1.54, 1.807) is 25.1 Å². The summed E-state index contributed by atoms with van der Waals surface area (Å²) < 4.78 is 20.0. The highest BCUT2D eigenvalue weighted by atomic mass is 79.9. The third kappa shape index (κ3) is 3.56. The fourth-order valence-electron chi connectivity index (χ4n) is 1.74. The highest BCUT2D eigenvalue weighted by Gasteiger charge is 2.15. The molecule has 0 spiro atoms. The summed E-state index contributed by atoms with van der Waals surface area (Å²) in [6.07, 6.45) is -0.807. The molecular weight excluding hydrogens is 345 g/mol. The molecule has 0 bridgehead atoms. The van der Waals surface area contributed by atoms with E-state index in [-0.39, 0.29) is 17.2 Å². The van der Waals surface area contributed by atoms with Gasteiger partial charge in [0.1, 0.15) is 5.75 Å². The maximum Gasteiger partial charge on any atom is 0.272 e. The van der Waals surface area contributed by atoms with Crippen molar-refractivity contribution in [2.24, 2.45) is 0 Å². The van der Waals surface area contributed by atoms with Crippen molar-refractivity contribution >= 4 is 21.6 Å². The minimum absolute atomic E-state index is 0.148. The number of nitrogens with zero attached hydrogens (tertiary/aromatic N) is 1. The first-order chi connectivity index (χ1) is 9.88. The fourth-order valence-corrected chi connectivity index (χ4v) is 2.12. The van der Waals surface area contributed by atoms with Crippen molar-refractivity contribution in [2.75, 3.05) is 0 Å². The maximum atomic E-state index is 13.8. The molecule has 2 aromatic carbocycles. The average Bonchev–Trinajstić information content (AvgIpc) is 2.42. The largest absolute Gasteiger partial charge is 0.454 e. The van der Waals surface area contributed by atoms with Crippen LogP contribution in [0.4, 0.5) is 10.1 Å². The summed E-state index contributed by atoms with van der Waals surface area (Å²) in [4.78, 5) is 9.88.